The Bertz CT molecular complexity index is 592. The zero-order chi connectivity index (χ0) is 13.8. The van der Waals surface area contributed by atoms with E-state index in [1.165, 1.54) is 11.8 Å². The second kappa shape index (κ2) is 5.88. The first-order valence-corrected chi connectivity index (χ1v) is 7.17. The number of hydrogen-bond acceptors (Lipinski definition) is 5. The fourth-order valence-electron chi connectivity index (χ4n) is 1.59. The quantitative estimate of drug-likeness (QED) is 0.689. The van der Waals surface area contributed by atoms with Gasteiger partial charge in [0.05, 0.1) is 6.21 Å². The molecule has 100 valence electrons. The highest BCUT2D eigenvalue weighted by Gasteiger charge is 2.13. The van der Waals surface area contributed by atoms with Gasteiger partial charge in [0.15, 0.2) is 5.82 Å². The van der Waals surface area contributed by atoms with E-state index in [1.54, 1.807) is 29.1 Å². The minimum Gasteiger partial charge on any atom is -0.507 e. The van der Waals surface area contributed by atoms with E-state index in [9.17, 15) is 5.11 Å². The van der Waals surface area contributed by atoms with E-state index in [2.05, 4.69) is 15.3 Å². The van der Waals surface area contributed by atoms with E-state index in [4.69, 9.17) is 0 Å². The molecule has 0 spiro atoms. The van der Waals surface area contributed by atoms with Crippen molar-refractivity contribution in [1.29, 1.82) is 0 Å². The number of phenolic OH excluding ortho intramolecular Hbond substituents is 1. The van der Waals surface area contributed by atoms with Crippen molar-refractivity contribution in [2.24, 2.45) is 5.10 Å². The van der Waals surface area contributed by atoms with Gasteiger partial charge in [0, 0.05) is 11.5 Å². The predicted octanol–water partition coefficient (Wildman–Crippen LogP) is 2.71. The molecule has 0 fully saturated rings. The van der Waals surface area contributed by atoms with Gasteiger partial charge in [0.25, 0.3) is 0 Å². The minimum absolute atomic E-state index is 0.205. The van der Waals surface area contributed by atoms with Gasteiger partial charge in [0.2, 0.25) is 5.16 Å². The minimum atomic E-state index is 0.205. The molecule has 19 heavy (non-hydrogen) atoms. The molecule has 2 aromatic rings. The van der Waals surface area contributed by atoms with E-state index in [1.807, 2.05) is 26.2 Å². The average molecular weight is 276 g/mol. The van der Waals surface area contributed by atoms with Crippen LogP contribution in [0, 0.1) is 0 Å². The lowest BCUT2D eigenvalue weighted by Gasteiger charge is -2.05. The van der Waals surface area contributed by atoms with Crippen molar-refractivity contribution in [3.05, 3.63) is 35.7 Å². The second-order valence-corrected chi connectivity index (χ2v) is 5.09. The van der Waals surface area contributed by atoms with Crippen LogP contribution in [0.25, 0.3) is 0 Å². The molecular weight excluding hydrogens is 260 g/mol. The molecule has 0 aliphatic carbocycles. The SMILES string of the molecule is CSc1nnc(C(C)C)n1/N=C\c1ccccc1O. The highest BCUT2D eigenvalue weighted by Crippen LogP contribution is 2.20. The standard InChI is InChI=1S/C13H16N4OS/c1-9(2)12-15-16-13(19-3)17(12)14-8-10-6-4-5-7-11(10)18/h4-9,18H,1-3H3/b14-8-. The summed E-state index contributed by atoms with van der Waals surface area (Å²) in [4.78, 5) is 0. The third-order valence-corrected chi connectivity index (χ3v) is 3.20. The Kier molecular flexibility index (Phi) is 4.21. The number of phenols is 1. The zero-order valence-corrected chi connectivity index (χ0v) is 11.9. The van der Waals surface area contributed by atoms with Crippen molar-refractivity contribution in [2.45, 2.75) is 24.9 Å². The molecule has 0 atom stereocenters. The number of thioether (sulfide) groups is 1. The van der Waals surface area contributed by atoms with E-state index < -0.39 is 0 Å². The summed E-state index contributed by atoms with van der Waals surface area (Å²) < 4.78 is 1.71. The van der Waals surface area contributed by atoms with Crippen LogP contribution in [0.3, 0.4) is 0 Å². The molecule has 1 aromatic carbocycles. The normalized spacial score (nSPS) is 11.6. The van der Waals surface area contributed by atoms with Crippen molar-refractivity contribution in [1.82, 2.24) is 14.9 Å². The monoisotopic (exact) mass is 276 g/mol. The van der Waals surface area contributed by atoms with Crippen molar-refractivity contribution >= 4 is 18.0 Å². The number of hydrogen-bond donors (Lipinski definition) is 1. The van der Waals surface area contributed by atoms with E-state index in [0.29, 0.717) is 5.56 Å². The Balaban J connectivity index is 2.37. The molecule has 0 saturated carbocycles. The summed E-state index contributed by atoms with van der Waals surface area (Å²) in [6.45, 7) is 4.08. The first-order valence-electron chi connectivity index (χ1n) is 5.95. The van der Waals surface area contributed by atoms with Gasteiger partial charge in [-0.2, -0.15) is 9.78 Å². The molecule has 0 aliphatic rings. The molecule has 0 bridgehead atoms. The van der Waals surface area contributed by atoms with Crippen LogP contribution in [0.2, 0.25) is 0 Å². The van der Waals surface area contributed by atoms with Gasteiger partial charge in [-0.15, -0.1) is 10.2 Å². The Labute approximate surface area is 116 Å². The number of nitrogens with zero attached hydrogens (tertiary/aromatic N) is 4. The Morgan fingerprint density at radius 3 is 2.68 bits per heavy atom. The summed E-state index contributed by atoms with van der Waals surface area (Å²) in [6, 6.07) is 7.06. The fourth-order valence-corrected chi connectivity index (χ4v) is 2.03. The van der Waals surface area contributed by atoms with Gasteiger partial charge in [-0.05, 0) is 18.4 Å². The van der Waals surface area contributed by atoms with Crippen molar-refractivity contribution in [3.63, 3.8) is 0 Å². The van der Waals surface area contributed by atoms with Crippen LogP contribution < -0.4 is 0 Å². The number of para-hydroxylation sites is 1. The molecule has 1 aromatic heterocycles. The van der Waals surface area contributed by atoms with Gasteiger partial charge in [0.1, 0.15) is 5.75 Å². The van der Waals surface area contributed by atoms with Crippen LogP contribution in [0.1, 0.15) is 31.2 Å². The lowest BCUT2D eigenvalue weighted by molar-refractivity contribution is 0.474. The Morgan fingerprint density at radius 1 is 1.32 bits per heavy atom. The summed E-state index contributed by atoms with van der Waals surface area (Å²) in [5, 5.41) is 23.0. The number of aromatic hydroxyl groups is 1. The average Bonchev–Trinajstić information content (AvgIpc) is 2.81. The first-order chi connectivity index (χ1) is 9.13. The van der Waals surface area contributed by atoms with Crippen molar-refractivity contribution < 1.29 is 5.11 Å². The third-order valence-electron chi connectivity index (χ3n) is 2.58. The smallest absolute Gasteiger partial charge is 0.211 e. The maximum absolute atomic E-state index is 9.71. The molecule has 0 unspecified atom stereocenters. The van der Waals surface area contributed by atoms with Crippen molar-refractivity contribution in [2.75, 3.05) is 6.26 Å². The van der Waals surface area contributed by atoms with Crippen LogP contribution in [0.15, 0.2) is 34.5 Å². The van der Waals surface area contributed by atoms with Gasteiger partial charge < -0.3 is 5.11 Å². The van der Waals surface area contributed by atoms with Gasteiger partial charge in [-0.1, -0.05) is 37.7 Å². The molecule has 1 heterocycles. The van der Waals surface area contributed by atoms with Crippen LogP contribution in [-0.4, -0.2) is 32.5 Å². The molecule has 0 aliphatic heterocycles. The fraction of sp³-hybridized carbons (Fsp3) is 0.308. The van der Waals surface area contributed by atoms with E-state index >= 15 is 0 Å². The number of aromatic nitrogens is 3. The Hall–Kier alpha value is -1.82. The molecule has 0 saturated heterocycles. The lowest BCUT2D eigenvalue weighted by atomic mass is 10.2. The van der Waals surface area contributed by atoms with Crippen LogP contribution in [-0.2, 0) is 0 Å². The first kappa shape index (κ1) is 13.6. The number of benzene rings is 1. The summed E-state index contributed by atoms with van der Waals surface area (Å²) in [5.41, 5.74) is 0.665. The van der Waals surface area contributed by atoms with Crippen LogP contribution in [0.4, 0.5) is 0 Å². The maximum atomic E-state index is 9.71. The lowest BCUT2D eigenvalue weighted by Crippen LogP contribution is -2.01. The molecule has 5 nitrogen and oxygen atoms in total. The molecule has 6 heteroatoms. The number of rotatable bonds is 4. The Morgan fingerprint density at radius 2 is 2.05 bits per heavy atom. The van der Waals surface area contributed by atoms with Crippen molar-refractivity contribution in [3.8, 4) is 5.75 Å². The second-order valence-electron chi connectivity index (χ2n) is 4.31. The molecule has 0 radical (unpaired) electrons. The summed E-state index contributed by atoms with van der Waals surface area (Å²) in [6.07, 6.45) is 3.55. The van der Waals surface area contributed by atoms with E-state index in [-0.39, 0.29) is 11.7 Å². The third kappa shape index (κ3) is 2.96. The highest BCUT2D eigenvalue weighted by molar-refractivity contribution is 7.98. The van der Waals surface area contributed by atoms with Crippen LogP contribution in [0.5, 0.6) is 5.75 Å². The van der Waals surface area contributed by atoms with E-state index in [0.717, 1.165) is 11.0 Å². The molecule has 2 rings (SSSR count). The highest BCUT2D eigenvalue weighted by atomic mass is 32.2. The maximum Gasteiger partial charge on any atom is 0.211 e. The molecular formula is C13H16N4OS. The van der Waals surface area contributed by atoms with Crippen LogP contribution >= 0.6 is 11.8 Å². The summed E-state index contributed by atoms with van der Waals surface area (Å²) >= 11 is 1.49. The topological polar surface area (TPSA) is 63.3 Å². The summed E-state index contributed by atoms with van der Waals surface area (Å²) in [7, 11) is 0. The molecule has 0 amide bonds. The van der Waals surface area contributed by atoms with Gasteiger partial charge in [-0.25, -0.2) is 0 Å². The van der Waals surface area contributed by atoms with Gasteiger partial charge >= 0.3 is 0 Å². The zero-order valence-electron chi connectivity index (χ0n) is 11.1. The molecule has 1 N–H and O–H groups in total. The van der Waals surface area contributed by atoms with Gasteiger partial charge in [-0.3, -0.25) is 0 Å². The largest absolute Gasteiger partial charge is 0.507 e. The predicted molar refractivity (Wildman–Crippen MR) is 77.0 cm³/mol. The summed E-state index contributed by atoms with van der Waals surface area (Å²) in [5.74, 6) is 1.24.